The number of aliphatic hydroxyl groups is 1. The van der Waals surface area contributed by atoms with Crippen LogP contribution < -0.4 is 0 Å². The second-order valence-electron chi connectivity index (χ2n) is 2.87. The Morgan fingerprint density at radius 2 is 2.15 bits per heavy atom. The monoisotopic (exact) mass is 240 g/mol. The molecule has 1 heterocycles. The molecule has 0 unspecified atom stereocenters. The van der Waals surface area contributed by atoms with E-state index in [4.69, 9.17) is 9.52 Å². The number of rotatable bonds is 2. The average Bonchev–Trinajstić information content (AvgIpc) is 2.58. The van der Waals surface area contributed by atoms with Crippen LogP contribution in [0, 0.1) is 0 Å². The quantitative estimate of drug-likeness (QED) is 0.876. The van der Waals surface area contributed by atoms with Crippen LogP contribution in [0.4, 0.5) is 0 Å². The van der Waals surface area contributed by atoms with Crippen molar-refractivity contribution in [2.24, 2.45) is 0 Å². The smallest absolute Gasteiger partial charge is 0.0984 e. The van der Waals surface area contributed by atoms with Crippen LogP contribution in [0.3, 0.4) is 0 Å². The van der Waals surface area contributed by atoms with E-state index in [2.05, 4.69) is 15.9 Å². The lowest BCUT2D eigenvalue weighted by molar-refractivity contribution is 0.300. The van der Waals surface area contributed by atoms with Crippen LogP contribution in [0.15, 0.2) is 33.5 Å². The van der Waals surface area contributed by atoms with Crippen molar-refractivity contribution in [2.45, 2.75) is 6.42 Å². The van der Waals surface area contributed by atoms with Gasteiger partial charge in [0.05, 0.1) is 12.5 Å². The minimum absolute atomic E-state index is 0.156. The Morgan fingerprint density at radius 3 is 2.92 bits per heavy atom. The van der Waals surface area contributed by atoms with Gasteiger partial charge in [0, 0.05) is 21.9 Å². The molecule has 2 nitrogen and oxygen atoms in total. The minimum atomic E-state index is 0.156. The highest BCUT2D eigenvalue weighted by atomic mass is 79.9. The molecule has 2 rings (SSSR count). The fourth-order valence-electron chi connectivity index (χ4n) is 1.44. The van der Waals surface area contributed by atoms with Gasteiger partial charge in [-0.05, 0) is 18.1 Å². The maximum Gasteiger partial charge on any atom is 0.0984 e. The summed E-state index contributed by atoms with van der Waals surface area (Å²) in [6, 6.07) is 3.96. The lowest BCUT2D eigenvalue weighted by atomic mass is 10.1. The van der Waals surface area contributed by atoms with E-state index in [-0.39, 0.29) is 6.61 Å². The fraction of sp³-hybridized carbons (Fsp3) is 0.200. The van der Waals surface area contributed by atoms with E-state index in [0.717, 1.165) is 20.8 Å². The fourth-order valence-corrected chi connectivity index (χ4v) is 1.98. The number of hydrogen-bond donors (Lipinski definition) is 1. The van der Waals surface area contributed by atoms with E-state index < -0.39 is 0 Å². The van der Waals surface area contributed by atoms with Crippen LogP contribution in [0.5, 0.6) is 0 Å². The summed E-state index contributed by atoms with van der Waals surface area (Å²) in [5.74, 6) is 0. The third kappa shape index (κ3) is 1.49. The van der Waals surface area contributed by atoms with E-state index in [0.29, 0.717) is 6.42 Å². The van der Waals surface area contributed by atoms with Gasteiger partial charge in [-0.2, -0.15) is 0 Å². The molecule has 0 spiro atoms. The van der Waals surface area contributed by atoms with Crippen molar-refractivity contribution in [1.82, 2.24) is 0 Å². The zero-order chi connectivity index (χ0) is 9.26. The van der Waals surface area contributed by atoms with Crippen LogP contribution in [0.25, 0.3) is 10.8 Å². The van der Waals surface area contributed by atoms with E-state index in [1.807, 2.05) is 12.1 Å². The van der Waals surface area contributed by atoms with Gasteiger partial charge in [0.2, 0.25) is 0 Å². The highest BCUT2D eigenvalue weighted by molar-refractivity contribution is 9.10. The Bertz CT molecular complexity index is 420. The maximum absolute atomic E-state index is 8.89. The van der Waals surface area contributed by atoms with E-state index in [9.17, 15) is 0 Å². The molecule has 1 aromatic heterocycles. The molecule has 0 fully saturated rings. The molecule has 3 heteroatoms. The van der Waals surface area contributed by atoms with Gasteiger partial charge in [0.25, 0.3) is 0 Å². The van der Waals surface area contributed by atoms with Crippen LogP contribution >= 0.6 is 15.9 Å². The first-order valence-corrected chi connectivity index (χ1v) is 4.86. The molecule has 68 valence electrons. The number of fused-ring (bicyclic) bond motifs is 1. The van der Waals surface area contributed by atoms with Crippen molar-refractivity contribution >= 4 is 26.7 Å². The number of aliphatic hydroxyl groups excluding tert-OH is 1. The Morgan fingerprint density at radius 1 is 1.31 bits per heavy atom. The van der Waals surface area contributed by atoms with Crippen LogP contribution in [0.2, 0.25) is 0 Å². The second kappa shape index (κ2) is 3.52. The van der Waals surface area contributed by atoms with Gasteiger partial charge in [-0.3, -0.25) is 0 Å². The summed E-state index contributed by atoms with van der Waals surface area (Å²) in [6.07, 6.45) is 4.07. The summed E-state index contributed by atoms with van der Waals surface area (Å²) >= 11 is 3.45. The van der Waals surface area contributed by atoms with Crippen LogP contribution in [-0.4, -0.2) is 11.7 Å². The molecule has 0 saturated carbocycles. The molecular weight excluding hydrogens is 232 g/mol. The summed E-state index contributed by atoms with van der Waals surface area (Å²) in [7, 11) is 0. The lowest BCUT2D eigenvalue weighted by Gasteiger charge is -2.02. The van der Waals surface area contributed by atoms with Gasteiger partial charge in [0.15, 0.2) is 0 Å². The van der Waals surface area contributed by atoms with Gasteiger partial charge < -0.3 is 9.52 Å². The molecule has 0 aliphatic rings. The molecule has 0 amide bonds. The van der Waals surface area contributed by atoms with E-state index >= 15 is 0 Å². The maximum atomic E-state index is 8.89. The molecule has 2 aromatic rings. The zero-order valence-corrected chi connectivity index (χ0v) is 8.54. The Balaban J connectivity index is 2.66. The zero-order valence-electron chi connectivity index (χ0n) is 6.96. The number of hydrogen-bond acceptors (Lipinski definition) is 2. The third-order valence-electron chi connectivity index (χ3n) is 2.08. The Labute approximate surface area is 84.3 Å². The van der Waals surface area contributed by atoms with Gasteiger partial charge in [-0.1, -0.05) is 22.0 Å². The molecule has 13 heavy (non-hydrogen) atoms. The van der Waals surface area contributed by atoms with Crippen molar-refractivity contribution in [2.75, 3.05) is 6.61 Å². The van der Waals surface area contributed by atoms with Crippen molar-refractivity contribution in [3.05, 3.63) is 34.7 Å². The topological polar surface area (TPSA) is 33.4 Å². The normalized spacial score (nSPS) is 10.9. The molecule has 1 aromatic carbocycles. The number of furan rings is 1. The Kier molecular flexibility index (Phi) is 2.38. The minimum Gasteiger partial charge on any atom is -0.471 e. The summed E-state index contributed by atoms with van der Waals surface area (Å²) < 4.78 is 6.13. The van der Waals surface area contributed by atoms with Crippen molar-refractivity contribution in [1.29, 1.82) is 0 Å². The van der Waals surface area contributed by atoms with Gasteiger partial charge in [0.1, 0.15) is 0 Å². The predicted octanol–water partition coefficient (Wildman–Crippen LogP) is 2.73. The molecule has 0 aliphatic heterocycles. The number of benzene rings is 1. The number of halogens is 1. The Hall–Kier alpha value is -0.800. The third-order valence-corrected chi connectivity index (χ3v) is 2.82. The highest BCUT2D eigenvalue weighted by Gasteiger charge is 2.06. The predicted molar refractivity (Wildman–Crippen MR) is 54.7 cm³/mol. The van der Waals surface area contributed by atoms with Crippen molar-refractivity contribution in [3.63, 3.8) is 0 Å². The van der Waals surface area contributed by atoms with Crippen molar-refractivity contribution in [3.8, 4) is 0 Å². The first-order chi connectivity index (χ1) is 6.33. The molecule has 0 aliphatic carbocycles. The van der Waals surface area contributed by atoms with Gasteiger partial charge >= 0.3 is 0 Å². The lowest BCUT2D eigenvalue weighted by Crippen LogP contribution is -1.92. The molecule has 0 atom stereocenters. The SMILES string of the molecule is OCCc1c(Br)ccc2cocc12. The molecule has 1 N–H and O–H groups in total. The summed E-state index contributed by atoms with van der Waals surface area (Å²) in [5, 5.41) is 11.0. The van der Waals surface area contributed by atoms with Gasteiger partial charge in [-0.15, -0.1) is 0 Å². The summed E-state index contributed by atoms with van der Waals surface area (Å²) in [6.45, 7) is 0.156. The largest absolute Gasteiger partial charge is 0.471 e. The second-order valence-corrected chi connectivity index (χ2v) is 3.73. The van der Waals surface area contributed by atoms with E-state index in [1.165, 1.54) is 0 Å². The van der Waals surface area contributed by atoms with Crippen molar-refractivity contribution < 1.29 is 9.52 Å². The van der Waals surface area contributed by atoms with Crippen LogP contribution in [-0.2, 0) is 6.42 Å². The molecule has 0 saturated heterocycles. The molecule has 0 bridgehead atoms. The van der Waals surface area contributed by atoms with Crippen LogP contribution in [0.1, 0.15) is 5.56 Å². The van der Waals surface area contributed by atoms with Gasteiger partial charge in [-0.25, -0.2) is 0 Å². The average molecular weight is 241 g/mol. The van der Waals surface area contributed by atoms with E-state index in [1.54, 1.807) is 12.5 Å². The molecular formula is C10H9BrO2. The standard InChI is InChI=1S/C10H9BrO2/c11-10-2-1-7-5-13-6-9(7)8(10)3-4-12/h1-2,5-6,12H,3-4H2. The first kappa shape index (κ1) is 8.78. The first-order valence-electron chi connectivity index (χ1n) is 4.07. The molecule has 0 radical (unpaired) electrons. The summed E-state index contributed by atoms with van der Waals surface area (Å²) in [5.41, 5.74) is 1.11. The summed E-state index contributed by atoms with van der Waals surface area (Å²) in [4.78, 5) is 0. The highest BCUT2D eigenvalue weighted by Crippen LogP contribution is 2.27.